The Morgan fingerprint density at radius 3 is 2.33 bits per heavy atom. The van der Waals surface area contributed by atoms with Gasteiger partial charge in [-0.05, 0) is 24.7 Å². The van der Waals surface area contributed by atoms with Crippen LogP contribution in [0.3, 0.4) is 0 Å². The number of piperidine rings is 1. The number of likely N-dealkylation sites (tertiary alicyclic amines) is 1. The molecule has 1 aliphatic heterocycles. The largest absolute Gasteiger partial charge is 0.342 e. The summed E-state index contributed by atoms with van der Waals surface area (Å²) in [7, 11) is 0. The smallest absolute Gasteiger partial charge is 0.225 e. The minimum atomic E-state index is 0.215. The van der Waals surface area contributed by atoms with Crippen LogP contribution >= 0.6 is 0 Å². The van der Waals surface area contributed by atoms with Crippen molar-refractivity contribution in [3.05, 3.63) is 0 Å². The molecule has 1 amide bonds. The molecule has 0 radical (unpaired) electrons. The van der Waals surface area contributed by atoms with Crippen LogP contribution in [0, 0.1) is 17.8 Å². The van der Waals surface area contributed by atoms with E-state index in [1.54, 1.807) is 0 Å². The van der Waals surface area contributed by atoms with E-state index in [2.05, 4.69) is 32.6 Å². The van der Waals surface area contributed by atoms with Gasteiger partial charge in [-0.25, -0.2) is 0 Å². The van der Waals surface area contributed by atoms with Crippen molar-refractivity contribution >= 4 is 5.91 Å². The number of hydrogen-bond acceptors (Lipinski definition) is 1. The van der Waals surface area contributed by atoms with E-state index >= 15 is 0 Å². The first-order chi connectivity index (χ1) is 7.04. The maximum atomic E-state index is 12.1. The monoisotopic (exact) mass is 211 g/mol. The zero-order valence-corrected chi connectivity index (χ0v) is 10.6. The fourth-order valence-corrected chi connectivity index (χ4v) is 2.71. The molecule has 2 heteroatoms. The van der Waals surface area contributed by atoms with Crippen LogP contribution < -0.4 is 0 Å². The van der Waals surface area contributed by atoms with Gasteiger partial charge in [0.25, 0.3) is 0 Å². The SMILES string of the molecule is CCC[C@H](C)C(=O)N1C[C@@H](C)C[C@H](C)C1. The predicted octanol–water partition coefficient (Wildman–Crippen LogP) is 2.93. The molecule has 1 aliphatic rings. The molecular weight excluding hydrogens is 186 g/mol. The van der Waals surface area contributed by atoms with Crippen LogP contribution in [0.5, 0.6) is 0 Å². The lowest BCUT2D eigenvalue weighted by Crippen LogP contribution is -2.44. The topological polar surface area (TPSA) is 20.3 Å². The molecule has 1 heterocycles. The van der Waals surface area contributed by atoms with Crippen molar-refractivity contribution in [3.8, 4) is 0 Å². The van der Waals surface area contributed by atoms with Gasteiger partial charge in [0.05, 0.1) is 0 Å². The summed E-state index contributed by atoms with van der Waals surface area (Å²) >= 11 is 0. The van der Waals surface area contributed by atoms with Crippen LogP contribution in [-0.4, -0.2) is 23.9 Å². The lowest BCUT2D eigenvalue weighted by Gasteiger charge is -2.36. The fraction of sp³-hybridized carbons (Fsp3) is 0.923. The zero-order chi connectivity index (χ0) is 11.4. The maximum Gasteiger partial charge on any atom is 0.225 e. The second-order valence-electron chi connectivity index (χ2n) is 5.38. The van der Waals surface area contributed by atoms with Gasteiger partial charge < -0.3 is 4.90 Å². The van der Waals surface area contributed by atoms with Gasteiger partial charge >= 0.3 is 0 Å². The minimum absolute atomic E-state index is 0.215. The van der Waals surface area contributed by atoms with E-state index in [1.807, 2.05) is 0 Å². The maximum absolute atomic E-state index is 12.1. The molecule has 1 fully saturated rings. The third-order valence-corrected chi connectivity index (χ3v) is 3.32. The number of carbonyl (C=O) groups excluding carboxylic acids is 1. The summed E-state index contributed by atoms with van der Waals surface area (Å²) in [5, 5.41) is 0. The van der Waals surface area contributed by atoms with Gasteiger partial charge in [-0.2, -0.15) is 0 Å². The van der Waals surface area contributed by atoms with E-state index in [1.165, 1.54) is 6.42 Å². The Balaban J connectivity index is 2.51. The summed E-state index contributed by atoms with van der Waals surface area (Å²) in [4.78, 5) is 14.2. The Morgan fingerprint density at radius 2 is 1.87 bits per heavy atom. The van der Waals surface area contributed by atoms with E-state index in [-0.39, 0.29) is 5.92 Å². The molecule has 0 bridgehead atoms. The average molecular weight is 211 g/mol. The molecule has 0 aromatic rings. The number of hydrogen-bond donors (Lipinski definition) is 0. The number of amides is 1. The highest BCUT2D eigenvalue weighted by atomic mass is 16.2. The second-order valence-corrected chi connectivity index (χ2v) is 5.38. The minimum Gasteiger partial charge on any atom is -0.342 e. The Hall–Kier alpha value is -0.530. The third kappa shape index (κ3) is 3.51. The lowest BCUT2D eigenvalue weighted by molar-refractivity contribution is -0.137. The molecule has 0 spiro atoms. The number of carbonyl (C=O) groups is 1. The first-order valence-electron chi connectivity index (χ1n) is 6.33. The molecular formula is C13H25NO. The predicted molar refractivity (Wildman–Crippen MR) is 63.6 cm³/mol. The van der Waals surface area contributed by atoms with Gasteiger partial charge in [0, 0.05) is 19.0 Å². The molecule has 3 atom stereocenters. The van der Waals surface area contributed by atoms with Crippen LogP contribution in [-0.2, 0) is 4.79 Å². The van der Waals surface area contributed by atoms with Crippen molar-refractivity contribution in [1.82, 2.24) is 4.90 Å². The Kier molecular flexibility index (Phi) is 4.62. The van der Waals surface area contributed by atoms with Gasteiger partial charge in [0.1, 0.15) is 0 Å². The average Bonchev–Trinajstić information content (AvgIpc) is 2.15. The highest BCUT2D eigenvalue weighted by molar-refractivity contribution is 5.78. The first-order valence-corrected chi connectivity index (χ1v) is 6.33. The van der Waals surface area contributed by atoms with Crippen molar-refractivity contribution in [2.75, 3.05) is 13.1 Å². The molecule has 0 aromatic carbocycles. The summed E-state index contributed by atoms with van der Waals surface area (Å²) in [6.45, 7) is 10.6. The highest BCUT2D eigenvalue weighted by Crippen LogP contribution is 2.23. The quantitative estimate of drug-likeness (QED) is 0.703. The normalized spacial score (nSPS) is 28.9. The molecule has 0 aromatic heterocycles. The van der Waals surface area contributed by atoms with E-state index in [4.69, 9.17) is 0 Å². The van der Waals surface area contributed by atoms with Gasteiger partial charge in [-0.15, -0.1) is 0 Å². The van der Waals surface area contributed by atoms with Gasteiger partial charge in [-0.3, -0.25) is 4.79 Å². The van der Waals surface area contributed by atoms with Crippen LogP contribution in [0.4, 0.5) is 0 Å². The molecule has 2 nitrogen and oxygen atoms in total. The summed E-state index contributed by atoms with van der Waals surface area (Å²) < 4.78 is 0. The van der Waals surface area contributed by atoms with Crippen LogP contribution in [0.2, 0.25) is 0 Å². The highest BCUT2D eigenvalue weighted by Gasteiger charge is 2.27. The standard InChI is InChI=1S/C13H25NO/c1-5-6-12(4)13(15)14-8-10(2)7-11(3)9-14/h10-12H,5-9H2,1-4H3/t10-,11-,12-/m0/s1. The van der Waals surface area contributed by atoms with E-state index in [0.29, 0.717) is 17.7 Å². The number of nitrogens with zero attached hydrogens (tertiary/aromatic N) is 1. The summed E-state index contributed by atoms with van der Waals surface area (Å²) in [6.07, 6.45) is 3.40. The fourth-order valence-electron chi connectivity index (χ4n) is 2.71. The lowest BCUT2D eigenvalue weighted by atomic mass is 9.90. The summed E-state index contributed by atoms with van der Waals surface area (Å²) in [6, 6.07) is 0. The van der Waals surface area contributed by atoms with Gasteiger partial charge in [0.15, 0.2) is 0 Å². The Bertz CT molecular complexity index is 205. The molecule has 1 saturated heterocycles. The molecule has 15 heavy (non-hydrogen) atoms. The second kappa shape index (κ2) is 5.53. The molecule has 0 N–H and O–H groups in total. The first kappa shape index (κ1) is 12.5. The summed E-state index contributed by atoms with van der Waals surface area (Å²) in [5.41, 5.74) is 0. The molecule has 0 unspecified atom stereocenters. The number of rotatable bonds is 3. The Morgan fingerprint density at radius 1 is 1.33 bits per heavy atom. The molecule has 0 saturated carbocycles. The molecule has 88 valence electrons. The van der Waals surface area contributed by atoms with Crippen molar-refractivity contribution in [2.45, 2.75) is 47.0 Å². The van der Waals surface area contributed by atoms with Crippen molar-refractivity contribution in [3.63, 3.8) is 0 Å². The van der Waals surface area contributed by atoms with Gasteiger partial charge in [-0.1, -0.05) is 34.1 Å². The summed E-state index contributed by atoms with van der Waals surface area (Å²) in [5.74, 6) is 1.93. The van der Waals surface area contributed by atoms with Crippen LogP contribution in [0.25, 0.3) is 0 Å². The molecule has 0 aliphatic carbocycles. The van der Waals surface area contributed by atoms with E-state index < -0.39 is 0 Å². The molecule has 1 rings (SSSR count). The third-order valence-electron chi connectivity index (χ3n) is 3.32. The Labute approximate surface area is 94.0 Å². The van der Waals surface area contributed by atoms with Crippen molar-refractivity contribution < 1.29 is 4.79 Å². The van der Waals surface area contributed by atoms with E-state index in [9.17, 15) is 4.79 Å². The van der Waals surface area contributed by atoms with Crippen molar-refractivity contribution in [2.24, 2.45) is 17.8 Å². The zero-order valence-electron chi connectivity index (χ0n) is 10.6. The van der Waals surface area contributed by atoms with Gasteiger partial charge in [0.2, 0.25) is 5.91 Å². The van der Waals surface area contributed by atoms with Crippen LogP contribution in [0.1, 0.15) is 47.0 Å². The van der Waals surface area contributed by atoms with Crippen LogP contribution in [0.15, 0.2) is 0 Å². The van der Waals surface area contributed by atoms with Crippen molar-refractivity contribution in [1.29, 1.82) is 0 Å². The van der Waals surface area contributed by atoms with E-state index in [0.717, 1.165) is 25.9 Å².